The molecule has 0 atom stereocenters. The molecule has 0 aromatic carbocycles. The number of nitrogens with zero attached hydrogens (tertiary/aromatic N) is 1. The lowest BCUT2D eigenvalue weighted by Gasteiger charge is -2.21. The van der Waals surface area contributed by atoms with Crippen LogP contribution in [0.5, 0.6) is 0 Å². The zero-order valence-corrected chi connectivity index (χ0v) is 10.1. The molecule has 1 rings (SSSR count). The molecule has 0 saturated heterocycles. The van der Waals surface area contributed by atoms with Crippen molar-refractivity contribution in [1.82, 2.24) is 4.90 Å². The Morgan fingerprint density at radius 2 is 2.33 bits per heavy atom. The second-order valence-corrected chi connectivity index (χ2v) is 3.64. The van der Waals surface area contributed by atoms with E-state index >= 15 is 0 Å². The molecule has 1 heterocycles. The van der Waals surface area contributed by atoms with Gasteiger partial charge in [0.2, 0.25) is 0 Å². The highest BCUT2D eigenvalue weighted by atomic mass is 19.3. The van der Waals surface area contributed by atoms with Gasteiger partial charge >= 0.3 is 0 Å². The van der Waals surface area contributed by atoms with E-state index in [9.17, 15) is 13.6 Å². The van der Waals surface area contributed by atoms with Crippen molar-refractivity contribution in [2.75, 3.05) is 26.8 Å². The molecule has 0 bridgehead atoms. The zero-order valence-electron chi connectivity index (χ0n) is 10.1. The van der Waals surface area contributed by atoms with E-state index in [1.165, 1.54) is 19.4 Å². The number of ether oxygens (including phenoxy) is 1. The first kappa shape index (κ1) is 14.6. The normalized spacial score (nSPS) is 10.9. The number of alkyl halides is 2. The first-order valence-corrected chi connectivity index (χ1v) is 5.42. The van der Waals surface area contributed by atoms with E-state index in [2.05, 4.69) is 0 Å². The van der Waals surface area contributed by atoms with Gasteiger partial charge in [0.05, 0.1) is 25.3 Å². The summed E-state index contributed by atoms with van der Waals surface area (Å²) >= 11 is 0. The Hall–Kier alpha value is -1.47. The van der Waals surface area contributed by atoms with Crippen LogP contribution in [-0.2, 0) is 11.3 Å². The van der Waals surface area contributed by atoms with Gasteiger partial charge in [-0.2, -0.15) is 0 Å². The van der Waals surface area contributed by atoms with E-state index in [1.807, 2.05) is 0 Å². The van der Waals surface area contributed by atoms with E-state index in [-0.39, 0.29) is 25.3 Å². The lowest BCUT2D eigenvalue weighted by molar-refractivity contribution is 0.0477. The Morgan fingerprint density at radius 1 is 1.61 bits per heavy atom. The molecule has 1 amide bonds. The maximum Gasteiger partial charge on any atom is 0.257 e. The second kappa shape index (κ2) is 7.07. The molecule has 102 valence electrons. The van der Waals surface area contributed by atoms with Crippen LogP contribution in [0.2, 0.25) is 0 Å². The average molecular weight is 262 g/mol. The smallest absolute Gasteiger partial charge is 0.257 e. The molecule has 0 aliphatic heterocycles. The van der Waals surface area contributed by atoms with Crippen LogP contribution in [0, 0.1) is 0 Å². The minimum atomic E-state index is -2.59. The molecule has 0 saturated carbocycles. The number of carbonyl (C=O) groups is 1. The Labute approximate surface area is 103 Å². The number of hydrogen-bond acceptors (Lipinski definition) is 4. The SMILES string of the molecule is COCCN(CC(F)F)C(=O)c1coc(CN)c1. The maximum absolute atomic E-state index is 12.4. The summed E-state index contributed by atoms with van der Waals surface area (Å²) in [5, 5.41) is 0. The van der Waals surface area contributed by atoms with Gasteiger partial charge in [-0.3, -0.25) is 4.79 Å². The van der Waals surface area contributed by atoms with Crippen LogP contribution in [0.1, 0.15) is 16.1 Å². The fourth-order valence-electron chi connectivity index (χ4n) is 1.43. The quantitative estimate of drug-likeness (QED) is 0.798. The molecule has 5 nitrogen and oxygen atoms in total. The van der Waals surface area contributed by atoms with Crippen molar-refractivity contribution in [1.29, 1.82) is 0 Å². The molecule has 0 spiro atoms. The van der Waals surface area contributed by atoms with Crippen LogP contribution in [0.15, 0.2) is 16.7 Å². The Bertz CT molecular complexity index is 382. The van der Waals surface area contributed by atoms with Crippen LogP contribution >= 0.6 is 0 Å². The fourth-order valence-corrected chi connectivity index (χ4v) is 1.43. The predicted octanol–water partition coefficient (Wildman–Crippen LogP) is 1.09. The summed E-state index contributed by atoms with van der Waals surface area (Å²) in [6, 6.07) is 1.45. The van der Waals surface area contributed by atoms with Gasteiger partial charge < -0.3 is 19.8 Å². The highest BCUT2D eigenvalue weighted by Gasteiger charge is 2.21. The number of rotatable bonds is 7. The molecule has 1 aromatic heterocycles. The predicted molar refractivity (Wildman–Crippen MR) is 60.4 cm³/mol. The van der Waals surface area contributed by atoms with Crippen LogP contribution in [0.25, 0.3) is 0 Å². The molecule has 0 unspecified atom stereocenters. The van der Waals surface area contributed by atoms with E-state index in [4.69, 9.17) is 14.9 Å². The summed E-state index contributed by atoms with van der Waals surface area (Å²) in [7, 11) is 1.44. The lowest BCUT2D eigenvalue weighted by atomic mass is 10.2. The highest BCUT2D eigenvalue weighted by Crippen LogP contribution is 2.11. The highest BCUT2D eigenvalue weighted by molar-refractivity contribution is 5.94. The number of amides is 1. The third-order valence-electron chi connectivity index (χ3n) is 2.31. The third kappa shape index (κ3) is 4.08. The topological polar surface area (TPSA) is 68.7 Å². The molecule has 0 aliphatic carbocycles. The van der Waals surface area contributed by atoms with Gasteiger partial charge in [-0.25, -0.2) is 8.78 Å². The molecule has 1 aromatic rings. The Kier molecular flexibility index (Phi) is 5.73. The number of hydrogen-bond donors (Lipinski definition) is 1. The number of furan rings is 1. The second-order valence-electron chi connectivity index (χ2n) is 3.64. The third-order valence-corrected chi connectivity index (χ3v) is 2.31. The fraction of sp³-hybridized carbons (Fsp3) is 0.545. The first-order valence-electron chi connectivity index (χ1n) is 5.42. The molecule has 2 N–H and O–H groups in total. The average Bonchev–Trinajstić information content (AvgIpc) is 2.81. The van der Waals surface area contributed by atoms with Crippen LogP contribution in [0.3, 0.4) is 0 Å². The monoisotopic (exact) mass is 262 g/mol. The van der Waals surface area contributed by atoms with Crippen molar-refractivity contribution in [2.45, 2.75) is 13.0 Å². The van der Waals surface area contributed by atoms with E-state index < -0.39 is 18.9 Å². The van der Waals surface area contributed by atoms with Gasteiger partial charge in [-0.15, -0.1) is 0 Å². The molecule has 0 aliphatic rings. The Morgan fingerprint density at radius 3 is 2.83 bits per heavy atom. The Balaban J connectivity index is 2.73. The van der Waals surface area contributed by atoms with Crippen molar-refractivity contribution >= 4 is 5.91 Å². The van der Waals surface area contributed by atoms with Gasteiger partial charge in [0, 0.05) is 13.7 Å². The van der Waals surface area contributed by atoms with Gasteiger partial charge in [0.25, 0.3) is 12.3 Å². The summed E-state index contributed by atoms with van der Waals surface area (Å²) in [6.07, 6.45) is -1.37. The molecular weight excluding hydrogens is 246 g/mol. The molecule has 18 heavy (non-hydrogen) atoms. The standard InChI is InChI=1S/C11H16F2N2O3/c1-17-3-2-15(6-10(12)13)11(16)8-4-9(5-14)18-7-8/h4,7,10H,2-3,5-6,14H2,1H3. The van der Waals surface area contributed by atoms with E-state index in [1.54, 1.807) is 0 Å². The first-order chi connectivity index (χ1) is 8.58. The number of methoxy groups -OCH3 is 1. The van der Waals surface area contributed by atoms with Crippen molar-refractivity contribution in [3.63, 3.8) is 0 Å². The number of nitrogens with two attached hydrogens (primary N) is 1. The van der Waals surface area contributed by atoms with Gasteiger partial charge in [-0.05, 0) is 6.07 Å². The molecule has 0 fully saturated rings. The van der Waals surface area contributed by atoms with E-state index in [0.29, 0.717) is 5.76 Å². The summed E-state index contributed by atoms with van der Waals surface area (Å²) in [5.74, 6) is -0.0853. The van der Waals surface area contributed by atoms with Crippen molar-refractivity contribution in [3.05, 3.63) is 23.7 Å². The van der Waals surface area contributed by atoms with Crippen LogP contribution in [0.4, 0.5) is 8.78 Å². The van der Waals surface area contributed by atoms with Crippen molar-refractivity contribution < 1.29 is 22.7 Å². The molecule has 7 heteroatoms. The minimum absolute atomic E-state index is 0.100. The summed E-state index contributed by atoms with van der Waals surface area (Å²) < 4.78 is 34.6. The summed E-state index contributed by atoms with van der Waals surface area (Å²) in [5.41, 5.74) is 5.56. The van der Waals surface area contributed by atoms with Gasteiger partial charge in [0.1, 0.15) is 12.0 Å². The molecule has 0 radical (unpaired) electrons. The summed E-state index contributed by atoms with van der Waals surface area (Å²) in [6.45, 7) is -0.186. The van der Waals surface area contributed by atoms with Crippen molar-refractivity contribution in [2.24, 2.45) is 5.73 Å². The lowest BCUT2D eigenvalue weighted by Crippen LogP contribution is -2.37. The van der Waals surface area contributed by atoms with Crippen LogP contribution in [-0.4, -0.2) is 44.0 Å². The van der Waals surface area contributed by atoms with E-state index in [0.717, 1.165) is 4.90 Å². The van der Waals surface area contributed by atoms with Gasteiger partial charge in [-0.1, -0.05) is 0 Å². The van der Waals surface area contributed by atoms with Crippen LogP contribution < -0.4 is 5.73 Å². The largest absolute Gasteiger partial charge is 0.467 e. The maximum atomic E-state index is 12.4. The molecular formula is C11H16F2N2O3. The van der Waals surface area contributed by atoms with Gasteiger partial charge in [0.15, 0.2) is 0 Å². The number of halogens is 2. The minimum Gasteiger partial charge on any atom is -0.467 e. The number of carbonyl (C=O) groups excluding carboxylic acids is 1. The van der Waals surface area contributed by atoms with Crippen molar-refractivity contribution in [3.8, 4) is 0 Å². The zero-order chi connectivity index (χ0) is 13.5. The summed E-state index contributed by atoms with van der Waals surface area (Å²) in [4.78, 5) is 13.0.